The second kappa shape index (κ2) is 3.56. The van der Waals surface area contributed by atoms with E-state index in [4.69, 9.17) is 0 Å². The molecule has 0 saturated carbocycles. The predicted molar refractivity (Wildman–Crippen MR) is 50.5 cm³/mol. The smallest absolute Gasteiger partial charge is 0.0273 e. The van der Waals surface area contributed by atoms with Crippen LogP contribution in [0.5, 0.6) is 0 Å². The van der Waals surface area contributed by atoms with Crippen LogP contribution in [-0.4, -0.2) is 0 Å². The van der Waals surface area contributed by atoms with Crippen LogP contribution in [0.4, 0.5) is 0 Å². The fourth-order valence-corrected chi connectivity index (χ4v) is 1.46. The molecule has 1 aliphatic rings. The molecule has 0 aromatic rings. The maximum Gasteiger partial charge on any atom is -0.0273 e. The Morgan fingerprint density at radius 2 is 2.18 bits per heavy atom. The van der Waals surface area contributed by atoms with Gasteiger partial charge >= 0.3 is 0 Å². The topological polar surface area (TPSA) is 0 Å². The molecule has 0 aromatic heterocycles. The van der Waals surface area contributed by atoms with Gasteiger partial charge in [0.25, 0.3) is 0 Å². The molecule has 0 aromatic carbocycles. The average molecular weight is 148 g/mol. The summed E-state index contributed by atoms with van der Waals surface area (Å²) in [6.07, 6.45) is 8.02. The van der Waals surface area contributed by atoms with E-state index in [-0.39, 0.29) is 0 Å². The van der Waals surface area contributed by atoms with Gasteiger partial charge in [-0.2, -0.15) is 0 Å². The molecule has 0 heteroatoms. The summed E-state index contributed by atoms with van der Waals surface area (Å²) in [5.41, 5.74) is 4.28. The Morgan fingerprint density at radius 1 is 1.45 bits per heavy atom. The largest absolute Gasteiger partial charge is 0.0988 e. The molecular formula is C11H16. The minimum Gasteiger partial charge on any atom is -0.0988 e. The Bertz CT molecular complexity index is 216. The van der Waals surface area contributed by atoms with Crippen molar-refractivity contribution in [3.05, 3.63) is 35.5 Å². The van der Waals surface area contributed by atoms with Gasteiger partial charge in [0.1, 0.15) is 0 Å². The summed E-state index contributed by atoms with van der Waals surface area (Å²) >= 11 is 0. The highest BCUT2D eigenvalue weighted by molar-refractivity contribution is 5.38. The first kappa shape index (κ1) is 8.32. The van der Waals surface area contributed by atoms with Crippen molar-refractivity contribution in [2.24, 2.45) is 0 Å². The summed E-state index contributed by atoms with van der Waals surface area (Å²) in [5, 5.41) is 0. The third-order valence-electron chi connectivity index (χ3n) is 2.42. The molecule has 0 aliphatic heterocycles. The summed E-state index contributed by atoms with van der Waals surface area (Å²) in [4.78, 5) is 0. The lowest BCUT2D eigenvalue weighted by Gasteiger charge is -2.03. The molecule has 0 saturated heterocycles. The summed E-state index contributed by atoms with van der Waals surface area (Å²) in [5.74, 6) is 0. The molecule has 0 amide bonds. The van der Waals surface area contributed by atoms with E-state index in [9.17, 15) is 0 Å². The van der Waals surface area contributed by atoms with E-state index < -0.39 is 0 Å². The molecule has 0 spiro atoms. The summed E-state index contributed by atoms with van der Waals surface area (Å²) in [6, 6.07) is 0. The van der Waals surface area contributed by atoms with Crippen LogP contribution >= 0.6 is 0 Å². The summed E-state index contributed by atoms with van der Waals surface area (Å²) in [7, 11) is 0. The fraction of sp³-hybridized carbons (Fsp3) is 0.455. The van der Waals surface area contributed by atoms with Crippen molar-refractivity contribution in [1.82, 2.24) is 0 Å². The van der Waals surface area contributed by atoms with Gasteiger partial charge in [0.05, 0.1) is 0 Å². The average Bonchev–Trinajstić information content (AvgIpc) is 2.16. The zero-order valence-corrected chi connectivity index (χ0v) is 7.48. The van der Waals surface area contributed by atoms with Crippen LogP contribution in [0, 0.1) is 0 Å². The third-order valence-corrected chi connectivity index (χ3v) is 2.42. The number of hydrogen-bond donors (Lipinski definition) is 0. The Kier molecular flexibility index (Phi) is 2.70. The van der Waals surface area contributed by atoms with Crippen LogP contribution < -0.4 is 0 Å². The lowest BCUT2D eigenvalue weighted by Crippen LogP contribution is -1.84. The lowest BCUT2D eigenvalue weighted by atomic mass is 10.0. The monoisotopic (exact) mass is 148 g/mol. The van der Waals surface area contributed by atoms with Crippen LogP contribution in [0.15, 0.2) is 35.5 Å². The lowest BCUT2D eigenvalue weighted by molar-refractivity contribution is 0.852. The summed E-state index contributed by atoms with van der Waals surface area (Å²) in [6.45, 7) is 8.20. The molecule has 0 unspecified atom stereocenters. The van der Waals surface area contributed by atoms with Gasteiger partial charge in [-0.25, -0.2) is 0 Å². The van der Waals surface area contributed by atoms with Gasteiger partial charge in [0.15, 0.2) is 0 Å². The van der Waals surface area contributed by atoms with Crippen molar-refractivity contribution in [1.29, 1.82) is 0 Å². The summed E-state index contributed by atoms with van der Waals surface area (Å²) < 4.78 is 0. The fourth-order valence-electron chi connectivity index (χ4n) is 1.46. The first-order valence-electron chi connectivity index (χ1n) is 4.25. The molecule has 11 heavy (non-hydrogen) atoms. The van der Waals surface area contributed by atoms with E-state index in [1.165, 1.54) is 36.0 Å². The number of hydrogen-bond acceptors (Lipinski definition) is 0. The molecule has 0 heterocycles. The SMILES string of the molecule is C=CC1=C(C)C(C)=CCCC1. The Labute approximate surface area is 69.3 Å². The molecule has 0 N–H and O–H groups in total. The Balaban J connectivity index is 2.96. The molecule has 0 fully saturated rings. The maximum atomic E-state index is 3.83. The van der Waals surface area contributed by atoms with Crippen LogP contribution in [-0.2, 0) is 0 Å². The number of rotatable bonds is 1. The third kappa shape index (κ3) is 1.83. The van der Waals surface area contributed by atoms with Gasteiger partial charge in [-0.15, -0.1) is 0 Å². The quantitative estimate of drug-likeness (QED) is 0.532. The molecule has 1 rings (SSSR count). The van der Waals surface area contributed by atoms with Crippen LogP contribution in [0.25, 0.3) is 0 Å². The van der Waals surface area contributed by atoms with E-state index in [1.807, 2.05) is 6.08 Å². The second-order valence-electron chi connectivity index (χ2n) is 3.13. The highest BCUT2D eigenvalue weighted by Gasteiger charge is 2.04. The molecule has 0 radical (unpaired) electrons. The second-order valence-corrected chi connectivity index (χ2v) is 3.13. The molecular weight excluding hydrogens is 132 g/mol. The van der Waals surface area contributed by atoms with E-state index in [1.54, 1.807) is 0 Å². The standard InChI is InChI=1S/C11H16/c1-4-11-8-6-5-7-9(2)10(11)3/h4,7H,1,5-6,8H2,2-3H3. The van der Waals surface area contributed by atoms with E-state index in [0.717, 1.165) is 0 Å². The molecule has 60 valence electrons. The molecule has 0 nitrogen and oxygen atoms in total. The normalized spacial score (nSPS) is 19.3. The Morgan fingerprint density at radius 3 is 2.82 bits per heavy atom. The van der Waals surface area contributed by atoms with E-state index in [0.29, 0.717) is 0 Å². The van der Waals surface area contributed by atoms with E-state index >= 15 is 0 Å². The van der Waals surface area contributed by atoms with Crippen LogP contribution in [0.3, 0.4) is 0 Å². The predicted octanol–water partition coefficient (Wildman–Crippen LogP) is 3.62. The van der Waals surface area contributed by atoms with Gasteiger partial charge in [-0.05, 0) is 44.3 Å². The van der Waals surface area contributed by atoms with Crippen molar-refractivity contribution in [3.8, 4) is 0 Å². The molecule has 0 atom stereocenters. The van der Waals surface area contributed by atoms with Gasteiger partial charge in [0.2, 0.25) is 0 Å². The van der Waals surface area contributed by atoms with Crippen molar-refractivity contribution < 1.29 is 0 Å². The van der Waals surface area contributed by atoms with Gasteiger partial charge < -0.3 is 0 Å². The zero-order chi connectivity index (χ0) is 8.27. The molecule has 0 bridgehead atoms. The van der Waals surface area contributed by atoms with Crippen molar-refractivity contribution >= 4 is 0 Å². The van der Waals surface area contributed by atoms with Gasteiger partial charge in [0, 0.05) is 0 Å². The van der Waals surface area contributed by atoms with Gasteiger partial charge in [-0.1, -0.05) is 24.3 Å². The Hall–Kier alpha value is -0.780. The maximum absolute atomic E-state index is 3.83. The highest BCUT2D eigenvalue weighted by atomic mass is 14.1. The zero-order valence-electron chi connectivity index (χ0n) is 7.48. The highest BCUT2D eigenvalue weighted by Crippen LogP contribution is 2.23. The van der Waals surface area contributed by atoms with Crippen molar-refractivity contribution in [3.63, 3.8) is 0 Å². The van der Waals surface area contributed by atoms with Crippen LogP contribution in [0.1, 0.15) is 33.1 Å². The van der Waals surface area contributed by atoms with E-state index in [2.05, 4.69) is 26.5 Å². The van der Waals surface area contributed by atoms with Crippen molar-refractivity contribution in [2.75, 3.05) is 0 Å². The first-order valence-corrected chi connectivity index (χ1v) is 4.25. The minimum atomic E-state index is 1.20. The van der Waals surface area contributed by atoms with Crippen molar-refractivity contribution in [2.45, 2.75) is 33.1 Å². The first-order chi connectivity index (χ1) is 5.25. The number of allylic oxidation sites excluding steroid dienone is 5. The van der Waals surface area contributed by atoms with Gasteiger partial charge in [-0.3, -0.25) is 0 Å². The molecule has 1 aliphatic carbocycles. The van der Waals surface area contributed by atoms with Crippen LogP contribution in [0.2, 0.25) is 0 Å². The minimum absolute atomic E-state index is 1.20.